The summed E-state index contributed by atoms with van der Waals surface area (Å²) in [6.07, 6.45) is 4.40. The van der Waals surface area contributed by atoms with Gasteiger partial charge in [-0.15, -0.1) is 0 Å². The summed E-state index contributed by atoms with van der Waals surface area (Å²) in [6.45, 7) is 1.24. The molecule has 1 aromatic heterocycles. The van der Waals surface area contributed by atoms with Crippen molar-refractivity contribution in [2.24, 2.45) is 10.9 Å². The predicted molar refractivity (Wildman–Crippen MR) is 64.2 cm³/mol. The highest BCUT2D eigenvalue weighted by Gasteiger charge is 2.04. The summed E-state index contributed by atoms with van der Waals surface area (Å²) >= 11 is 0. The maximum atomic E-state index is 11.6. The summed E-state index contributed by atoms with van der Waals surface area (Å²) in [7, 11) is 0. The second-order valence-electron chi connectivity index (χ2n) is 3.47. The summed E-state index contributed by atoms with van der Waals surface area (Å²) < 4.78 is 0. The Morgan fingerprint density at radius 3 is 2.94 bits per heavy atom. The number of nitrogens with zero attached hydrogens (tertiary/aromatic N) is 2. The summed E-state index contributed by atoms with van der Waals surface area (Å²) in [6, 6.07) is 3.23. The third-order valence-corrected chi connectivity index (χ3v) is 2.16. The van der Waals surface area contributed by atoms with Crippen LogP contribution in [0.5, 0.6) is 0 Å². The van der Waals surface area contributed by atoms with Crippen LogP contribution >= 0.6 is 0 Å². The first kappa shape index (κ1) is 13.1. The number of unbranched alkanes of at least 4 members (excludes halogenated alkanes) is 1. The van der Waals surface area contributed by atoms with E-state index in [-0.39, 0.29) is 5.91 Å². The number of aromatic nitrogens is 1. The highest BCUT2D eigenvalue weighted by molar-refractivity contribution is 5.94. The number of nitrogens with two attached hydrogens (primary N) is 1. The maximum absolute atomic E-state index is 11.6. The molecule has 0 spiro atoms. The Kier molecular flexibility index (Phi) is 5.67. The molecule has 0 radical (unpaired) electrons. The number of oxime groups is 1. The lowest BCUT2D eigenvalue weighted by Gasteiger charge is -2.04. The monoisotopic (exact) mass is 236 g/mol. The number of nitrogens with one attached hydrogen (secondary N) is 1. The molecular weight excluding hydrogens is 220 g/mol. The van der Waals surface area contributed by atoms with Crippen LogP contribution in [0.1, 0.15) is 28.9 Å². The number of hydrogen-bond donors (Lipinski definition) is 3. The molecule has 1 heterocycles. The van der Waals surface area contributed by atoms with E-state index in [0.717, 1.165) is 12.8 Å². The molecule has 0 bridgehead atoms. The first-order chi connectivity index (χ1) is 8.27. The second kappa shape index (κ2) is 7.34. The van der Waals surface area contributed by atoms with E-state index in [1.807, 2.05) is 0 Å². The fourth-order valence-corrected chi connectivity index (χ4v) is 1.25. The van der Waals surface area contributed by atoms with Gasteiger partial charge in [0.15, 0.2) is 0 Å². The number of hydrogen-bond acceptors (Lipinski definition) is 5. The van der Waals surface area contributed by atoms with Crippen molar-refractivity contribution >= 4 is 12.1 Å². The highest BCUT2D eigenvalue weighted by Crippen LogP contribution is 1.99. The van der Waals surface area contributed by atoms with Crippen molar-refractivity contribution in [3.05, 3.63) is 29.6 Å². The lowest BCUT2D eigenvalue weighted by atomic mass is 10.2. The van der Waals surface area contributed by atoms with Gasteiger partial charge >= 0.3 is 0 Å². The van der Waals surface area contributed by atoms with Gasteiger partial charge in [0.05, 0.1) is 17.5 Å². The molecule has 0 saturated carbocycles. The summed E-state index contributed by atoms with van der Waals surface area (Å²) in [5.41, 5.74) is 6.32. The molecule has 92 valence electrons. The Morgan fingerprint density at radius 1 is 1.53 bits per heavy atom. The van der Waals surface area contributed by atoms with Gasteiger partial charge in [-0.3, -0.25) is 9.78 Å². The number of carbonyl (C=O) groups is 1. The summed E-state index contributed by atoms with van der Waals surface area (Å²) in [5, 5.41) is 13.9. The lowest BCUT2D eigenvalue weighted by molar-refractivity contribution is 0.0952. The van der Waals surface area contributed by atoms with Gasteiger partial charge in [0.1, 0.15) is 0 Å². The Morgan fingerprint density at radius 2 is 2.35 bits per heavy atom. The Labute approximate surface area is 99.5 Å². The molecule has 1 rings (SSSR count). The van der Waals surface area contributed by atoms with E-state index >= 15 is 0 Å². The first-order valence-electron chi connectivity index (χ1n) is 5.39. The molecule has 1 aromatic rings. The van der Waals surface area contributed by atoms with E-state index < -0.39 is 0 Å². The Balaban J connectivity index is 2.46. The average molecular weight is 236 g/mol. The zero-order valence-electron chi connectivity index (χ0n) is 9.47. The van der Waals surface area contributed by atoms with Crippen molar-refractivity contribution in [1.29, 1.82) is 0 Å². The van der Waals surface area contributed by atoms with E-state index in [4.69, 9.17) is 10.9 Å². The maximum Gasteiger partial charge on any atom is 0.252 e. The minimum Gasteiger partial charge on any atom is -0.411 e. The van der Waals surface area contributed by atoms with E-state index in [1.54, 1.807) is 12.1 Å². The molecule has 0 aromatic carbocycles. The van der Waals surface area contributed by atoms with E-state index in [1.165, 1.54) is 12.4 Å². The number of pyridine rings is 1. The SMILES string of the molecule is NCCCCNC(=O)c1ccc(/C=N/O)nc1. The molecule has 0 aliphatic rings. The van der Waals surface area contributed by atoms with E-state index in [9.17, 15) is 4.79 Å². The zero-order valence-corrected chi connectivity index (χ0v) is 9.47. The second-order valence-corrected chi connectivity index (χ2v) is 3.47. The van der Waals surface area contributed by atoms with Crippen LogP contribution in [0, 0.1) is 0 Å². The molecule has 0 unspecified atom stereocenters. The van der Waals surface area contributed by atoms with Gasteiger partial charge in [0.25, 0.3) is 5.91 Å². The van der Waals surface area contributed by atoms with Crippen molar-refractivity contribution in [3.63, 3.8) is 0 Å². The number of carbonyl (C=O) groups excluding carboxylic acids is 1. The fraction of sp³-hybridized carbons (Fsp3) is 0.364. The van der Waals surface area contributed by atoms with Crippen molar-refractivity contribution < 1.29 is 10.0 Å². The van der Waals surface area contributed by atoms with Gasteiger partial charge in [0, 0.05) is 12.7 Å². The van der Waals surface area contributed by atoms with Crippen LogP contribution in [0.4, 0.5) is 0 Å². The van der Waals surface area contributed by atoms with Crippen LogP contribution in [0.15, 0.2) is 23.5 Å². The van der Waals surface area contributed by atoms with E-state index in [0.29, 0.717) is 24.3 Å². The van der Waals surface area contributed by atoms with Gasteiger partial charge in [-0.05, 0) is 31.5 Å². The molecule has 6 heteroatoms. The molecule has 17 heavy (non-hydrogen) atoms. The van der Waals surface area contributed by atoms with Gasteiger partial charge in [-0.25, -0.2) is 0 Å². The van der Waals surface area contributed by atoms with Crippen LogP contribution < -0.4 is 11.1 Å². The molecule has 6 nitrogen and oxygen atoms in total. The van der Waals surface area contributed by atoms with Crippen LogP contribution in [0.25, 0.3) is 0 Å². The van der Waals surface area contributed by atoms with Crippen LogP contribution in [-0.2, 0) is 0 Å². The minimum absolute atomic E-state index is 0.165. The minimum atomic E-state index is -0.165. The Bertz CT molecular complexity index is 376. The summed E-state index contributed by atoms with van der Waals surface area (Å²) in [5.74, 6) is -0.165. The molecular formula is C11H16N4O2. The zero-order chi connectivity index (χ0) is 12.5. The van der Waals surface area contributed by atoms with Crippen molar-refractivity contribution in [2.45, 2.75) is 12.8 Å². The van der Waals surface area contributed by atoms with Crippen LogP contribution in [0.2, 0.25) is 0 Å². The van der Waals surface area contributed by atoms with Gasteiger partial charge < -0.3 is 16.3 Å². The fourth-order valence-electron chi connectivity index (χ4n) is 1.25. The standard InChI is InChI=1S/C11H16N4O2/c12-5-1-2-6-13-11(16)9-3-4-10(8-15-17)14-7-9/h3-4,7-8,17H,1-2,5-6,12H2,(H,13,16)/b15-8+. The first-order valence-corrected chi connectivity index (χ1v) is 5.39. The van der Waals surface area contributed by atoms with Crippen molar-refractivity contribution in [3.8, 4) is 0 Å². The Hall–Kier alpha value is -1.95. The quantitative estimate of drug-likeness (QED) is 0.287. The number of amides is 1. The smallest absolute Gasteiger partial charge is 0.252 e. The third-order valence-electron chi connectivity index (χ3n) is 2.16. The lowest BCUT2D eigenvalue weighted by Crippen LogP contribution is -2.25. The molecule has 1 amide bonds. The van der Waals surface area contributed by atoms with Gasteiger partial charge in [-0.2, -0.15) is 0 Å². The molecule has 0 aliphatic heterocycles. The normalized spacial score (nSPS) is 10.6. The molecule has 0 saturated heterocycles. The molecule has 0 atom stereocenters. The van der Waals surface area contributed by atoms with E-state index in [2.05, 4.69) is 15.5 Å². The largest absolute Gasteiger partial charge is 0.411 e. The topological polar surface area (TPSA) is 101 Å². The predicted octanol–water partition coefficient (Wildman–Crippen LogP) is 0.358. The number of rotatable bonds is 6. The molecule has 4 N–H and O–H groups in total. The average Bonchev–Trinajstić information content (AvgIpc) is 2.36. The van der Waals surface area contributed by atoms with Crippen LogP contribution in [-0.4, -0.2) is 35.4 Å². The highest BCUT2D eigenvalue weighted by atomic mass is 16.4. The van der Waals surface area contributed by atoms with Gasteiger partial charge in [-0.1, -0.05) is 5.16 Å². The van der Waals surface area contributed by atoms with Crippen molar-refractivity contribution in [1.82, 2.24) is 10.3 Å². The van der Waals surface area contributed by atoms with Crippen LogP contribution in [0.3, 0.4) is 0 Å². The van der Waals surface area contributed by atoms with Gasteiger partial charge in [0.2, 0.25) is 0 Å². The molecule has 0 aliphatic carbocycles. The third kappa shape index (κ3) is 4.60. The summed E-state index contributed by atoms with van der Waals surface area (Å²) in [4.78, 5) is 15.6. The van der Waals surface area contributed by atoms with Crippen molar-refractivity contribution in [2.75, 3.05) is 13.1 Å². The molecule has 0 fully saturated rings.